The van der Waals surface area contributed by atoms with Crippen LogP contribution in [-0.4, -0.2) is 96.7 Å². The first-order chi connectivity index (χ1) is 43.1. The number of esters is 4. The van der Waals surface area contributed by atoms with Gasteiger partial charge in [0.05, 0.1) is 26.4 Å². The molecule has 0 saturated heterocycles. The van der Waals surface area contributed by atoms with Gasteiger partial charge < -0.3 is 33.8 Å². The molecule has 0 amide bonds. The number of carbonyl (C=O) groups excluding carboxylic acids is 4. The molecule has 0 radical (unpaired) electrons. The van der Waals surface area contributed by atoms with Crippen LogP contribution in [0, 0.1) is 23.7 Å². The lowest BCUT2D eigenvalue weighted by Crippen LogP contribution is -2.30. The molecule has 90 heavy (non-hydrogen) atoms. The molecule has 534 valence electrons. The van der Waals surface area contributed by atoms with Gasteiger partial charge in [-0.15, -0.1) is 0 Å². The number of aliphatic hydroxyl groups is 1. The van der Waals surface area contributed by atoms with Crippen molar-refractivity contribution in [1.82, 2.24) is 0 Å². The average molecular weight is 1330 g/mol. The summed E-state index contributed by atoms with van der Waals surface area (Å²) in [4.78, 5) is 72.5. The van der Waals surface area contributed by atoms with Crippen molar-refractivity contribution in [2.75, 3.05) is 39.6 Å². The largest absolute Gasteiger partial charge is 0.472 e. The van der Waals surface area contributed by atoms with E-state index < -0.39 is 97.5 Å². The lowest BCUT2D eigenvalue weighted by molar-refractivity contribution is -0.161. The molecule has 0 aromatic heterocycles. The van der Waals surface area contributed by atoms with Crippen molar-refractivity contribution >= 4 is 39.5 Å². The lowest BCUT2D eigenvalue weighted by atomic mass is 10.0. The minimum Gasteiger partial charge on any atom is -0.462 e. The highest BCUT2D eigenvalue weighted by molar-refractivity contribution is 7.47. The van der Waals surface area contributed by atoms with Gasteiger partial charge in [0.2, 0.25) is 0 Å². The standard InChI is InChI=1S/C71H138O17P2/c1-61(2)47-39-31-23-17-13-10-9-11-15-20-28-37-45-53-70(75)87-66(57-81-68(73)51-43-35-27-19-16-12-14-18-24-32-40-48-62(3)4)59-85-89(77,78)83-55-65(72)56-84-90(79,80)86-60-67(88-71(76)54-46-38-30-22-26-34-42-50-64(7)8)58-82-69(74)52-44-36-29-21-25-33-41-49-63(5)6/h61-67,72H,9-60H2,1-8H3,(H,77,78)(H,79,80)/t65?,66-,67-/m1/s1. The summed E-state index contributed by atoms with van der Waals surface area (Å²) in [6, 6.07) is 0. The normalized spacial score (nSPS) is 14.3. The van der Waals surface area contributed by atoms with E-state index in [0.717, 1.165) is 108 Å². The molecule has 0 aliphatic carbocycles. The van der Waals surface area contributed by atoms with E-state index in [9.17, 15) is 43.2 Å². The van der Waals surface area contributed by atoms with Crippen molar-refractivity contribution in [3.05, 3.63) is 0 Å². The molecule has 0 bridgehead atoms. The van der Waals surface area contributed by atoms with E-state index in [2.05, 4.69) is 55.4 Å². The maximum Gasteiger partial charge on any atom is 0.472 e. The highest BCUT2D eigenvalue weighted by atomic mass is 31.2. The molecule has 3 unspecified atom stereocenters. The molecule has 0 rings (SSSR count). The highest BCUT2D eigenvalue weighted by Crippen LogP contribution is 2.45. The van der Waals surface area contributed by atoms with E-state index in [4.69, 9.17) is 37.0 Å². The van der Waals surface area contributed by atoms with Gasteiger partial charge in [0, 0.05) is 25.7 Å². The molecule has 0 saturated carbocycles. The summed E-state index contributed by atoms with van der Waals surface area (Å²) in [6.07, 6.45) is 43.2. The molecular formula is C71H138O17P2. The van der Waals surface area contributed by atoms with Crippen LogP contribution in [0.4, 0.5) is 0 Å². The number of hydrogen-bond acceptors (Lipinski definition) is 15. The number of ether oxygens (including phenoxy) is 4. The summed E-state index contributed by atoms with van der Waals surface area (Å²) in [6.45, 7) is 14.1. The van der Waals surface area contributed by atoms with E-state index >= 15 is 0 Å². The van der Waals surface area contributed by atoms with Crippen LogP contribution in [0.2, 0.25) is 0 Å². The van der Waals surface area contributed by atoms with Crippen molar-refractivity contribution in [1.29, 1.82) is 0 Å². The predicted molar refractivity (Wildman–Crippen MR) is 363 cm³/mol. The fraction of sp³-hybridized carbons (Fsp3) is 0.944. The minimum absolute atomic E-state index is 0.102. The van der Waals surface area contributed by atoms with Crippen LogP contribution in [0.3, 0.4) is 0 Å². The summed E-state index contributed by atoms with van der Waals surface area (Å²) in [5.74, 6) is 0.828. The van der Waals surface area contributed by atoms with Gasteiger partial charge in [-0.2, -0.15) is 0 Å². The Bertz CT molecular complexity index is 1780. The fourth-order valence-corrected chi connectivity index (χ4v) is 12.2. The molecule has 0 aromatic rings. The zero-order chi connectivity index (χ0) is 66.8. The number of rotatable bonds is 68. The summed E-state index contributed by atoms with van der Waals surface area (Å²) in [5, 5.41) is 10.6. The maximum absolute atomic E-state index is 13.0. The summed E-state index contributed by atoms with van der Waals surface area (Å²) < 4.78 is 68.3. The molecule has 0 aromatic carbocycles. The third kappa shape index (κ3) is 64.8. The number of hydrogen-bond donors (Lipinski definition) is 3. The Labute approximate surface area is 549 Å². The van der Waals surface area contributed by atoms with Gasteiger partial charge >= 0.3 is 39.5 Å². The van der Waals surface area contributed by atoms with Gasteiger partial charge in [-0.25, -0.2) is 9.13 Å². The molecule has 17 nitrogen and oxygen atoms in total. The van der Waals surface area contributed by atoms with Gasteiger partial charge in [0.15, 0.2) is 12.2 Å². The number of aliphatic hydroxyl groups excluding tert-OH is 1. The quantitative estimate of drug-likeness (QED) is 0.0222. The van der Waals surface area contributed by atoms with Crippen molar-refractivity contribution in [2.45, 2.75) is 369 Å². The monoisotopic (exact) mass is 1320 g/mol. The zero-order valence-electron chi connectivity index (χ0n) is 58.8. The Morgan fingerprint density at radius 3 is 0.689 bits per heavy atom. The van der Waals surface area contributed by atoms with E-state index in [1.165, 1.54) is 148 Å². The van der Waals surface area contributed by atoms with Gasteiger partial charge in [-0.3, -0.25) is 37.3 Å². The topological polar surface area (TPSA) is 237 Å². The maximum atomic E-state index is 13.0. The molecule has 0 heterocycles. The molecule has 0 fully saturated rings. The third-order valence-electron chi connectivity index (χ3n) is 16.3. The van der Waals surface area contributed by atoms with Crippen LogP contribution in [0.15, 0.2) is 0 Å². The molecule has 0 aliphatic rings. The first-order valence-electron chi connectivity index (χ1n) is 36.7. The Morgan fingerprint density at radius 2 is 0.467 bits per heavy atom. The number of phosphoric ester groups is 2. The zero-order valence-corrected chi connectivity index (χ0v) is 60.6. The van der Waals surface area contributed by atoms with Crippen molar-refractivity contribution in [3.63, 3.8) is 0 Å². The Hall–Kier alpha value is -1.94. The third-order valence-corrected chi connectivity index (χ3v) is 18.2. The fourth-order valence-electron chi connectivity index (χ4n) is 10.7. The highest BCUT2D eigenvalue weighted by Gasteiger charge is 2.30. The summed E-state index contributed by atoms with van der Waals surface area (Å²) in [5.41, 5.74) is 0. The number of phosphoric acid groups is 2. The van der Waals surface area contributed by atoms with E-state index in [1.54, 1.807) is 0 Å². The Balaban J connectivity index is 5.24. The second kappa shape index (κ2) is 60.7. The van der Waals surface area contributed by atoms with Crippen molar-refractivity contribution in [3.8, 4) is 0 Å². The minimum atomic E-state index is -4.95. The van der Waals surface area contributed by atoms with Crippen LogP contribution in [-0.2, 0) is 65.4 Å². The lowest BCUT2D eigenvalue weighted by Gasteiger charge is -2.21. The second-order valence-corrected chi connectivity index (χ2v) is 30.4. The van der Waals surface area contributed by atoms with Gasteiger partial charge in [-0.05, 0) is 49.4 Å². The average Bonchev–Trinajstić information content (AvgIpc) is 2.92. The van der Waals surface area contributed by atoms with Crippen LogP contribution >= 0.6 is 15.6 Å². The smallest absolute Gasteiger partial charge is 0.462 e. The van der Waals surface area contributed by atoms with Gasteiger partial charge in [-0.1, -0.05) is 299 Å². The molecule has 19 heteroatoms. The first kappa shape index (κ1) is 88.1. The molecule has 5 atom stereocenters. The van der Waals surface area contributed by atoms with Crippen LogP contribution in [0.1, 0.15) is 351 Å². The van der Waals surface area contributed by atoms with Gasteiger partial charge in [0.25, 0.3) is 0 Å². The summed E-state index contributed by atoms with van der Waals surface area (Å²) in [7, 11) is -9.90. The number of carbonyl (C=O) groups is 4. The molecule has 3 N–H and O–H groups in total. The van der Waals surface area contributed by atoms with Crippen molar-refractivity contribution in [2.24, 2.45) is 23.7 Å². The Kier molecular flexibility index (Phi) is 59.4. The van der Waals surface area contributed by atoms with Crippen LogP contribution < -0.4 is 0 Å². The summed E-state index contributed by atoms with van der Waals surface area (Å²) >= 11 is 0. The van der Waals surface area contributed by atoms with Crippen LogP contribution in [0.5, 0.6) is 0 Å². The molecular weight excluding hydrogens is 1190 g/mol. The van der Waals surface area contributed by atoms with E-state index in [0.29, 0.717) is 37.5 Å². The van der Waals surface area contributed by atoms with Crippen molar-refractivity contribution < 1.29 is 80.2 Å². The van der Waals surface area contributed by atoms with E-state index in [-0.39, 0.29) is 25.7 Å². The Morgan fingerprint density at radius 1 is 0.278 bits per heavy atom. The SMILES string of the molecule is CC(C)CCCCCCCCCCCCCCCC(=O)O[C@H](COC(=O)CCCCCCCCCCCCCC(C)C)COP(=O)(O)OCC(O)COP(=O)(O)OC[C@@H](COC(=O)CCCCCCCCCC(C)C)OC(=O)CCCCCCCCCC(C)C. The van der Waals surface area contributed by atoms with Gasteiger partial charge in [0.1, 0.15) is 19.3 Å². The van der Waals surface area contributed by atoms with Crippen LogP contribution in [0.25, 0.3) is 0 Å². The van der Waals surface area contributed by atoms with E-state index in [1.807, 2.05) is 0 Å². The number of unbranched alkanes of at least 4 members (excludes halogenated alkanes) is 34. The predicted octanol–water partition coefficient (Wildman–Crippen LogP) is 20.1. The second-order valence-electron chi connectivity index (χ2n) is 27.5. The molecule has 0 spiro atoms. The molecule has 0 aliphatic heterocycles. The first-order valence-corrected chi connectivity index (χ1v) is 39.7.